The lowest BCUT2D eigenvalue weighted by Crippen LogP contribution is -2.39. The van der Waals surface area contributed by atoms with E-state index in [9.17, 15) is 5.11 Å². The molecule has 0 saturated heterocycles. The van der Waals surface area contributed by atoms with Crippen molar-refractivity contribution in [1.29, 1.82) is 0 Å². The number of halogens is 1. The van der Waals surface area contributed by atoms with E-state index in [0.29, 0.717) is 11.7 Å². The summed E-state index contributed by atoms with van der Waals surface area (Å²) in [6, 6.07) is 3.65. The van der Waals surface area contributed by atoms with Gasteiger partial charge in [-0.05, 0) is 59.1 Å². The number of nitrogens with one attached hydrogen (secondary N) is 2. The first kappa shape index (κ1) is 23.9. The zero-order valence-electron chi connectivity index (χ0n) is 16.5. The van der Waals surface area contributed by atoms with Crippen LogP contribution in [-0.2, 0) is 12.0 Å². The van der Waals surface area contributed by atoms with Crippen LogP contribution in [0.5, 0.6) is 0 Å². The summed E-state index contributed by atoms with van der Waals surface area (Å²) in [5.41, 5.74) is -0.0252. The predicted octanol–water partition coefficient (Wildman–Crippen LogP) is 3.76. The Morgan fingerprint density at radius 2 is 2.07 bits per heavy atom. The second-order valence-electron chi connectivity index (χ2n) is 6.65. The number of hydrogen-bond acceptors (Lipinski definition) is 5. The Labute approximate surface area is 182 Å². The zero-order chi connectivity index (χ0) is 19.0. The van der Waals surface area contributed by atoms with Gasteiger partial charge in [-0.15, -0.1) is 35.3 Å². The minimum Gasteiger partial charge on any atom is -0.463 e. The van der Waals surface area contributed by atoms with Gasteiger partial charge in [-0.25, -0.2) is 9.98 Å². The maximum atomic E-state index is 10.6. The largest absolute Gasteiger partial charge is 0.463 e. The highest BCUT2D eigenvalue weighted by atomic mass is 127. The zero-order valence-corrected chi connectivity index (χ0v) is 19.7. The van der Waals surface area contributed by atoms with Crippen molar-refractivity contribution in [3.8, 4) is 0 Å². The predicted molar refractivity (Wildman–Crippen MR) is 122 cm³/mol. The van der Waals surface area contributed by atoms with E-state index in [4.69, 9.17) is 4.42 Å². The quantitative estimate of drug-likeness (QED) is 0.209. The molecular weight excluding hydrogens is 475 g/mol. The summed E-state index contributed by atoms with van der Waals surface area (Å²) >= 11 is 1.73. The normalized spacial score (nSPS) is 13.7. The molecule has 8 heteroatoms. The second-order valence-corrected chi connectivity index (χ2v) is 7.59. The van der Waals surface area contributed by atoms with Gasteiger partial charge in [-0.2, -0.15) is 0 Å². The number of aromatic nitrogens is 1. The van der Waals surface area contributed by atoms with E-state index in [0.717, 1.165) is 43.8 Å². The number of aliphatic hydroxyl groups is 1. The Balaban J connectivity index is 0.00000364. The smallest absolute Gasteiger partial charge is 0.191 e. The summed E-state index contributed by atoms with van der Waals surface area (Å²) in [5.74, 6) is 2.03. The van der Waals surface area contributed by atoms with Crippen molar-refractivity contribution in [2.75, 3.05) is 19.6 Å². The molecule has 27 heavy (non-hydrogen) atoms. The first-order chi connectivity index (χ1) is 12.4. The average Bonchev–Trinajstić information content (AvgIpc) is 3.21. The van der Waals surface area contributed by atoms with E-state index < -0.39 is 5.60 Å². The molecule has 2 rings (SSSR count). The molecule has 1 atom stereocenters. The molecule has 0 aliphatic rings. The van der Waals surface area contributed by atoms with Crippen LogP contribution in [-0.4, -0.2) is 35.7 Å². The molecule has 0 aromatic carbocycles. The van der Waals surface area contributed by atoms with Crippen LogP contribution in [0.25, 0.3) is 0 Å². The minimum atomic E-state index is -1.13. The highest BCUT2D eigenvalue weighted by Gasteiger charge is 2.26. The molecule has 152 valence electrons. The van der Waals surface area contributed by atoms with Crippen LogP contribution in [0.4, 0.5) is 0 Å². The summed E-state index contributed by atoms with van der Waals surface area (Å²) in [6.45, 7) is 9.46. The molecule has 0 radical (unpaired) electrons. The summed E-state index contributed by atoms with van der Waals surface area (Å²) in [5, 5.41) is 20.4. The van der Waals surface area contributed by atoms with Gasteiger partial charge in [-0.3, -0.25) is 0 Å². The number of hydrogen-bond donors (Lipinski definition) is 3. The lowest BCUT2D eigenvalue weighted by Gasteiger charge is -2.19. The van der Waals surface area contributed by atoms with Crippen molar-refractivity contribution in [3.05, 3.63) is 39.7 Å². The highest BCUT2D eigenvalue weighted by molar-refractivity contribution is 14.0. The number of nitrogens with zero attached hydrogens (tertiary/aromatic N) is 2. The van der Waals surface area contributed by atoms with Crippen molar-refractivity contribution in [3.63, 3.8) is 0 Å². The Morgan fingerprint density at radius 3 is 2.67 bits per heavy atom. The van der Waals surface area contributed by atoms with Crippen LogP contribution >= 0.6 is 35.3 Å². The lowest BCUT2D eigenvalue weighted by atomic mass is 10.0. The van der Waals surface area contributed by atoms with Crippen LogP contribution in [0, 0.1) is 13.8 Å². The van der Waals surface area contributed by atoms with Gasteiger partial charge in [0.1, 0.15) is 17.1 Å². The monoisotopic (exact) mass is 506 g/mol. The van der Waals surface area contributed by atoms with Gasteiger partial charge < -0.3 is 20.2 Å². The van der Waals surface area contributed by atoms with Crippen LogP contribution in [0.3, 0.4) is 0 Å². The maximum absolute atomic E-state index is 10.6. The van der Waals surface area contributed by atoms with Gasteiger partial charge in [0.25, 0.3) is 0 Å². The Kier molecular flexibility index (Phi) is 10.3. The van der Waals surface area contributed by atoms with Crippen molar-refractivity contribution in [1.82, 2.24) is 15.6 Å². The molecule has 2 heterocycles. The maximum Gasteiger partial charge on any atom is 0.191 e. The third-order valence-corrected chi connectivity index (χ3v) is 4.96. The first-order valence-corrected chi connectivity index (χ1v) is 10.0. The summed E-state index contributed by atoms with van der Waals surface area (Å²) in [6.07, 6.45) is 3.14. The van der Waals surface area contributed by atoms with Gasteiger partial charge in [0, 0.05) is 24.2 Å². The first-order valence-electron chi connectivity index (χ1n) is 9.13. The van der Waals surface area contributed by atoms with E-state index in [-0.39, 0.29) is 30.5 Å². The van der Waals surface area contributed by atoms with Crippen molar-refractivity contribution in [2.24, 2.45) is 4.99 Å². The van der Waals surface area contributed by atoms with E-state index in [1.807, 2.05) is 26.8 Å². The van der Waals surface area contributed by atoms with Gasteiger partial charge in [0.2, 0.25) is 0 Å². The Bertz CT molecular complexity index is 712. The molecule has 6 nitrogen and oxygen atoms in total. The number of rotatable bonds is 9. The summed E-state index contributed by atoms with van der Waals surface area (Å²) in [7, 11) is 0. The van der Waals surface area contributed by atoms with E-state index in [2.05, 4.69) is 26.0 Å². The molecule has 0 amide bonds. The molecule has 2 aromatic rings. The van der Waals surface area contributed by atoms with Crippen LogP contribution in [0.15, 0.2) is 26.9 Å². The van der Waals surface area contributed by atoms with E-state index in [1.165, 1.54) is 5.01 Å². The van der Waals surface area contributed by atoms with Gasteiger partial charge >= 0.3 is 0 Å². The molecule has 1 unspecified atom stereocenters. The van der Waals surface area contributed by atoms with Crippen LogP contribution < -0.4 is 10.6 Å². The number of aryl methyl sites for hydroxylation is 3. The second kappa shape index (κ2) is 11.7. The molecule has 0 bridgehead atoms. The third-order valence-electron chi connectivity index (χ3n) is 3.94. The molecule has 0 aliphatic heterocycles. The molecule has 0 spiro atoms. The summed E-state index contributed by atoms with van der Waals surface area (Å²) in [4.78, 5) is 8.99. The summed E-state index contributed by atoms with van der Waals surface area (Å²) < 4.78 is 5.53. The molecule has 2 aromatic heterocycles. The Morgan fingerprint density at radius 1 is 1.30 bits per heavy atom. The number of guanidine groups is 1. The number of unbranched alkanes of at least 4 members (excludes halogenated alkanes) is 1. The SMILES string of the molecule is CCNC(=NCC(C)(O)c1ccc(C)o1)NCCCCc1nc(C)cs1.I. The van der Waals surface area contributed by atoms with Crippen molar-refractivity contribution >= 4 is 41.3 Å². The number of furan rings is 1. The van der Waals surface area contributed by atoms with Gasteiger partial charge in [0.15, 0.2) is 5.96 Å². The minimum absolute atomic E-state index is 0. The van der Waals surface area contributed by atoms with Crippen LogP contribution in [0.1, 0.15) is 48.9 Å². The molecule has 0 aliphatic carbocycles. The van der Waals surface area contributed by atoms with Crippen LogP contribution in [0.2, 0.25) is 0 Å². The molecule has 3 N–H and O–H groups in total. The Hall–Kier alpha value is -1.13. The molecular formula is C19H31IN4O2S. The fourth-order valence-electron chi connectivity index (χ4n) is 2.50. The molecule has 0 fully saturated rings. The van der Waals surface area contributed by atoms with E-state index >= 15 is 0 Å². The number of thiazole rings is 1. The fourth-order valence-corrected chi connectivity index (χ4v) is 3.32. The van der Waals surface area contributed by atoms with E-state index in [1.54, 1.807) is 24.3 Å². The van der Waals surface area contributed by atoms with Gasteiger partial charge in [0.05, 0.1) is 11.6 Å². The third kappa shape index (κ3) is 8.18. The highest BCUT2D eigenvalue weighted by Crippen LogP contribution is 2.23. The van der Waals surface area contributed by atoms with Crippen molar-refractivity contribution in [2.45, 2.75) is 52.6 Å². The number of aliphatic imine (C=N–C) groups is 1. The topological polar surface area (TPSA) is 82.7 Å². The van der Waals surface area contributed by atoms with Gasteiger partial charge in [-0.1, -0.05) is 0 Å². The molecule has 0 saturated carbocycles. The lowest BCUT2D eigenvalue weighted by molar-refractivity contribution is 0.0428. The standard InChI is InChI=1S/C19H30N4O2S.HI/c1-5-20-18(21-11-7-6-8-17-23-14(2)12-26-17)22-13-19(4,24)16-10-9-15(3)25-16;/h9-10,12,24H,5-8,11,13H2,1-4H3,(H2,20,21,22);1H. The van der Waals surface area contributed by atoms with Crippen molar-refractivity contribution < 1.29 is 9.52 Å². The average molecular weight is 506 g/mol. The fraction of sp³-hybridized carbons (Fsp3) is 0.579.